The van der Waals surface area contributed by atoms with Crippen molar-refractivity contribution < 1.29 is 9.53 Å². The van der Waals surface area contributed by atoms with Gasteiger partial charge in [0.15, 0.2) is 11.5 Å². The van der Waals surface area contributed by atoms with Gasteiger partial charge >= 0.3 is 0 Å². The minimum absolute atomic E-state index is 0.196. The third-order valence-corrected chi connectivity index (χ3v) is 2.75. The number of ether oxygens (including phenoxy) is 1. The number of hydrogen-bond acceptors (Lipinski definition) is 6. The van der Waals surface area contributed by atoms with E-state index in [1.54, 1.807) is 18.2 Å². The van der Waals surface area contributed by atoms with Gasteiger partial charge in [0, 0.05) is 12.3 Å². The van der Waals surface area contributed by atoms with Crippen LogP contribution >= 0.6 is 0 Å². The Hall–Kier alpha value is -2.97. The number of carbonyl (C=O) groups excluding carboxylic acids is 1. The molecule has 0 aliphatic carbocycles. The molecule has 0 atom stereocenters. The van der Waals surface area contributed by atoms with Crippen molar-refractivity contribution in [2.75, 3.05) is 6.61 Å². The van der Waals surface area contributed by atoms with E-state index in [1.807, 2.05) is 6.92 Å². The smallest absolute Gasteiger partial charge is 0.269 e. The van der Waals surface area contributed by atoms with Crippen molar-refractivity contribution in [2.45, 2.75) is 13.5 Å². The SMILES string of the molecule is CCOc1ccc2nnc(CNC(=O)c3ccn[nH]3)n2n1. The first kappa shape index (κ1) is 13.0. The lowest BCUT2D eigenvalue weighted by Crippen LogP contribution is -2.24. The molecule has 0 aliphatic rings. The van der Waals surface area contributed by atoms with Gasteiger partial charge in [0.25, 0.3) is 5.91 Å². The number of rotatable bonds is 5. The summed E-state index contributed by atoms with van der Waals surface area (Å²) in [6.45, 7) is 2.59. The number of hydrogen-bond donors (Lipinski definition) is 2. The topological polar surface area (TPSA) is 110 Å². The molecular weight excluding hydrogens is 274 g/mol. The van der Waals surface area contributed by atoms with E-state index >= 15 is 0 Å². The first-order valence-electron chi connectivity index (χ1n) is 6.39. The molecule has 3 heterocycles. The van der Waals surface area contributed by atoms with Gasteiger partial charge in [-0.15, -0.1) is 15.3 Å². The molecule has 21 heavy (non-hydrogen) atoms. The maximum Gasteiger partial charge on any atom is 0.269 e. The number of nitrogens with zero attached hydrogens (tertiary/aromatic N) is 5. The van der Waals surface area contributed by atoms with Crippen molar-refractivity contribution >= 4 is 11.6 Å². The molecule has 0 aliphatic heterocycles. The first-order valence-corrected chi connectivity index (χ1v) is 6.39. The minimum Gasteiger partial charge on any atom is -0.477 e. The third kappa shape index (κ3) is 2.66. The molecule has 2 N–H and O–H groups in total. The van der Waals surface area contributed by atoms with Crippen molar-refractivity contribution in [1.82, 2.24) is 35.3 Å². The molecular formula is C12H13N7O2. The highest BCUT2D eigenvalue weighted by Crippen LogP contribution is 2.09. The van der Waals surface area contributed by atoms with Gasteiger partial charge in [-0.05, 0) is 19.1 Å². The summed E-state index contributed by atoms with van der Waals surface area (Å²) in [5.74, 6) is 0.718. The normalized spacial score (nSPS) is 10.7. The van der Waals surface area contributed by atoms with Crippen molar-refractivity contribution in [3.63, 3.8) is 0 Å². The maximum atomic E-state index is 11.8. The Morgan fingerprint density at radius 3 is 3.05 bits per heavy atom. The molecule has 108 valence electrons. The summed E-state index contributed by atoms with van der Waals surface area (Å²) in [4.78, 5) is 11.8. The van der Waals surface area contributed by atoms with Gasteiger partial charge in [0.1, 0.15) is 5.69 Å². The first-order chi connectivity index (χ1) is 10.3. The third-order valence-electron chi connectivity index (χ3n) is 2.75. The molecule has 0 saturated carbocycles. The second kappa shape index (κ2) is 5.57. The molecule has 9 heteroatoms. The average molecular weight is 287 g/mol. The fraction of sp³-hybridized carbons (Fsp3) is 0.250. The molecule has 3 aromatic heterocycles. The molecule has 0 aromatic carbocycles. The van der Waals surface area contributed by atoms with Gasteiger partial charge in [-0.1, -0.05) is 0 Å². The fourth-order valence-electron chi connectivity index (χ4n) is 1.79. The molecule has 0 fully saturated rings. The van der Waals surface area contributed by atoms with Crippen LogP contribution in [0, 0.1) is 0 Å². The molecule has 0 radical (unpaired) electrons. The second-order valence-electron chi connectivity index (χ2n) is 4.14. The van der Waals surface area contributed by atoms with Gasteiger partial charge in [0.05, 0.1) is 13.2 Å². The van der Waals surface area contributed by atoms with Gasteiger partial charge in [-0.2, -0.15) is 9.61 Å². The van der Waals surface area contributed by atoms with E-state index in [4.69, 9.17) is 4.74 Å². The van der Waals surface area contributed by atoms with Crippen LogP contribution in [0.3, 0.4) is 0 Å². The summed E-state index contributed by atoms with van der Waals surface area (Å²) in [6, 6.07) is 5.06. The highest BCUT2D eigenvalue weighted by atomic mass is 16.5. The largest absolute Gasteiger partial charge is 0.477 e. The van der Waals surface area contributed by atoms with E-state index in [-0.39, 0.29) is 12.5 Å². The summed E-state index contributed by atoms with van der Waals surface area (Å²) in [7, 11) is 0. The van der Waals surface area contributed by atoms with Crippen molar-refractivity contribution in [1.29, 1.82) is 0 Å². The quantitative estimate of drug-likeness (QED) is 0.692. The highest BCUT2D eigenvalue weighted by Gasteiger charge is 2.11. The van der Waals surface area contributed by atoms with Crippen molar-refractivity contribution in [2.24, 2.45) is 0 Å². The number of amides is 1. The van der Waals surface area contributed by atoms with E-state index in [9.17, 15) is 4.79 Å². The molecule has 3 aromatic rings. The van der Waals surface area contributed by atoms with E-state index in [0.29, 0.717) is 29.7 Å². The van der Waals surface area contributed by atoms with E-state index in [0.717, 1.165) is 0 Å². The molecule has 0 saturated heterocycles. The number of aromatic amines is 1. The second-order valence-corrected chi connectivity index (χ2v) is 4.14. The maximum absolute atomic E-state index is 11.8. The molecule has 0 unspecified atom stereocenters. The number of aromatic nitrogens is 6. The van der Waals surface area contributed by atoms with Crippen LogP contribution in [0.1, 0.15) is 23.2 Å². The number of fused-ring (bicyclic) bond motifs is 1. The lowest BCUT2D eigenvalue weighted by Gasteiger charge is -2.04. The van der Waals surface area contributed by atoms with Crippen LogP contribution in [0.15, 0.2) is 24.4 Å². The fourth-order valence-corrected chi connectivity index (χ4v) is 1.79. The summed E-state index contributed by atoms with van der Waals surface area (Å²) in [5.41, 5.74) is 0.969. The van der Waals surface area contributed by atoms with Crippen LogP contribution in [0.5, 0.6) is 5.88 Å². The zero-order valence-corrected chi connectivity index (χ0v) is 11.3. The minimum atomic E-state index is -0.273. The zero-order chi connectivity index (χ0) is 14.7. The monoisotopic (exact) mass is 287 g/mol. The van der Waals surface area contributed by atoms with Crippen LogP contribution in [0.25, 0.3) is 5.65 Å². The molecule has 9 nitrogen and oxygen atoms in total. The van der Waals surface area contributed by atoms with Gasteiger partial charge < -0.3 is 10.1 Å². The van der Waals surface area contributed by atoms with Crippen LogP contribution < -0.4 is 10.1 Å². The Labute approximate surface area is 119 Å². The Morgan fingerprint density at radius 2 is 2.29 bits per heavy atom. The van der Waals surface area contributed by atoms with Gasteiger partial charge in [-0.3, -0.25) is 9.89 Å². The number of carbonyl (C=O) groups is 1. The Balaban J connectivity index is 1.77. The zero-order valence-electron chi connectivity index (χ0n) is 11.3. The predicted molar refractivity (Wildman–Crippen MR) is 71.7 cm³/mol. The highest BCUT2D eigenvalue weighted by molar-refractivity contribution is 5.91. The average Bonchev–Trinajstić information content (AvgIpc) is 3.15. The van der Waals surface area contributed by atoms with Crippen LogP contribution in [-0.4, -0.2) is 42.5 Å². The van der Waals surface area contributed by atoms with E-state index < -0.39 is 0 Å². The lowest BCUT2D eigenvalue weighted by molar-refractivity contribution is 0.0944. The summed E-state index contributed by atoms with van der Waals surface area (Å²) >= 11 is 0. The van der Waals surface area contributed by atoms with E-state index in [1.165, 1.54) is 10.7 Å². The Bertz CT molecular complexity index is 750. The van der Waals surface area contributed by atoms with E-state index in [2.05, 4.69) is 30.8 Å². The standard InChI is InChI=1S/C12H13N7O2/c1-2-21-11-4-3-9-16-17-10(19(9)18-11)7-13-12(20)8-5-6-14-15-8/h3-6H,2,7H2,1H3,(H,13,20)(H,14,15). The van der Waals surface area contributed by atoms with Crippen LogP contribution in [-0.2, 0) is 6.54 Å². The Kier molecular flexibility index (Phi) is 3.46. The predicted octanol–water partition coefficient (Wildman–Crippen LogP) is 0.176. The molecule has 1 amide bonds. The van der Waals surface area contributed by atoms with Gasteiger partial charge in [-0.25, -0.2) is 0 Å². The lowest BCUT2D eigenvalue weighted by atomic mass is 10.4. The van der Waals surface area contributed by atoms with Gasteiger partial charge in [0.2, 0.25) is 5.88 Å². The van der Waals surface area contributed by atoms with Crippen molar-refractivity contribution in [3.8, 4) is 5.88 Å². The Morgan fingerprint density at radius 1 is 1.38 bits per heavy atom. The molecule has 0 bridgehead atoms. The number of nitrogens with one attached hydrogen (secondary N) is 2. The molecule has 3 rings (SSSR count). The summed E-state index contributed by atoms with van der Waals surface area (Å²) in [6.07, 6.45) is 1.51. The molecule has 0 spiro atoms. The number of H-pyrrole nitrogens is 1. The van der Waals surface area contributed by atoms with Crippen LogP contribution in [0.2, 0.25) is 0 Å². The van der Waals surface area contributed by atoms with Crippen molar-refractivity contribution in [3.05, 3.63) is 35.9 Å². The summed E-state index contributed by atoms with van der Waals surface area (Å²) < 4.78 is 6.87. The van der Waals surface area contributed by atoms with Crippen LogP contribution in [0.4, 0.5) is 0 Å². The summed E-state index contributed by atoms with van der Waals surface area (Å²) in [5, 5.41) is 21.3.